The second kappa shape index (κ2) is 6.56. The van der Waals surface area contributed by atoms with Crippen LogP contribution in [0.4, 0.5) is 0 Å². The zero-order chi connectivity index (χ0) is 15.0. The molecule has 1 aromatic rings. The maximum absolute atomic E-state index is 12.5. The highest BCUT2D eigenvalue weighted by Gasteiger charge is 2.40. The molecule has 2 aliphatic rings. The van der Waals surface area contributed by atoms with E-state index in [1.54, 1.807) is 4.90 Å². The zero-order valence-electron chi connectivity index (χ0n) is 12.2. The lowest BCUT2D eigenvalue weighted by molar-refractivity contribution is -0.133. The van der Waals surface area contributed by atoms with Crippen LogP contribution in [-0.4, -0.2) is 49.9 Å². The van der Waals surface area contributed by atoms with Crippen molar-refractivity contribution >= 4 is 28.2 Å². The summed E-state index contributed by atoms with van der Waals surface area (Å²) < 4.78 is 23.0. The minimum absolute atomic E-state index is 0. The molecule has 0 aliphatic carbocycles. The second-order valence-electron chi connectivity index (χ2n) is 6.02. The van der Waals surface area contributed by atoms with Gasteiger partial charge in [-0.1, -0.05) is 30.3 Å². The van der Waals surface area contributed by atoms with Crippen molar-refractivity contribution in [2.45, 2.75) is 18.4 Å². The van der Waals surface area contributed by atoms with E-state index in [0.717, 1.165) is 5.56 Å². The van der Waals surface area contributed by atoms with Gasteiger partial charge in [0.05, 0.1) is 17.4 Å². The number of benzene rings is 1. The first-order chi connectivity index (χ1) is 9.96. The summed E-state index contributed by atoms with van der Waals surface area (Å²) in [6.07, 6.45) is 0.447. The van der Waals surface area contributed by atoms with Gasteiger partial charge >= 0.3 is 0 Å². The molecule has 0 radical (unpaired) electrons. The topological polar surface area (TPSA) is 80.5 Å². The number of carbonyl (C=O) groups excluding carboxylic acids is 1. The maximum atomic E-state index is 12.5. The molecule has 0 saturated carbocycles. The molecule has 1 aromatic carbocycles. The second-order valence-corrected chi connectivity index (χ2v) is 8.25. The number of likely N-dealkylation sites (tertiary alicyclic amines) is 1. The van der Waals surface area contributed by atoms with Crippen LogP contribution in [0.25, 0.3) is 0 Å². The van der Waals surface area contributed by atoms with Crippen molar-refractivity contribution in [1.82, 2.24) is 4.90 Å². The average Bonchev–Trinajstić information content (AvgIpc) is 3.02. The largest absolute Gasteiger partial charge is 0.340 e. The molecule has 22 heavy (non-hydrogen) atoms. The first-order valence-corrected chi connectivity index (χ1v) is 9.08. The average molecular weight is 345 g/mol. The number of hydrogen-bond acceptors (Lipinski definition) is 4. The van der Waals surface area contributed by atoms with Crippen molar-refractivity contribution in [2.75, 3.05) is 24.6 Å². The third-order valence-electron chi connectivity index (χ3n) is 4.49. The molecule has 2 fully saturated rings. The Hall–Kier alpha value is -1.11. The van der Waals surface area contributed by atoms with Crippen LogP contribution in [0, 0.1) is 5.92 Å². The van der Waals surface area contributed by atoms with E-state index in [1.807, 2.05) is 30.3 Å². The fourth-order valence-electron chi connectivity index (χ4n) is 3.31. The number of nitrogens with two attached hydrogens (primary N) is 1. The molecule has 3 rings (SSSR count). The van der Waals surface area contributed by atoms with E-state index < -0.39 is 9.84 Å². The Kier molecular flexibility index (Phi) is 5.14. The molecule has 2 N–H and O–H groups in total. The standard InChI is InChI=1S/C15H20N2O3S.ClH/c16-14-9-17(8-13(14)11-4-2-1-3-5-11)15(18)12-6-7-21(19,20)10-12;/h1-5,12-14H,6-10,16H2;1H/t12?,13-,14+;/m0./s1. The van der Waals surface area contributed by atoms with Gasteiger partial charge in [-0.25, -0.2) is 8.42 Å². The third-order valence-corrected chi connectivity index (χ3v) is 6.25. The number of sulfone groups is 1. The van der Waals surface area contributed by atoms with Gasteiger partial charge < -0.3 is 10.6 Å². The highest BCUT2D eigenvalue weighted by Crippen LogP contribution is 2.29. The number of halogens is 1. The van der Waals surface area contributed by atoms with E-state index in [4.69, 9.17) is 5.73 Å². The molecule has 1 amide bonds. The molecule has 2 heterocycles. The van der Waals surface area contributed by atoms with Crippen molar-refractivity contribution in [3.05, 3.63) is 35.9 Å². The number of hydrogen-bond donors (Lipinski definition) is 1. The van der Waals surface area contributed by atoms with E-state index in [-0.39, 0.29) is 47.7 Å². The van der Waals surface area contributed by atoms with Gasteiger partial charge in [0.1, 0.15) is 0 Å². The van der Waals surface area contributed by atoms with Crippen molar-refractivity contribution < 1.29 is 13.2 Å². The first-order valence-electron chi connectivity index (χ1n) is 7.26. The number of carbonyl (C=O) groups is 1. The van der Waals surface area contributed by atoms with Gasteiger partial charge in [0.2, 0.25) is 5.91 Å². The van der Waals surface area contributed by atoms with Gasteiger partial charge in [-0.2, -0.15) is 0 Å². The van der Waals surface area contributed by atoms with Gasteiger partial charge in [-0.05, 0) is 12.0 Å². The Morgan fingerprint density at radius 3 is 2.45 bits per heavy atom. The lowest BCUT2D eigenvalue weighted by atomic mass is 9.95. The Bertz CT molecular complexity index is 635. The molecular formula is C15H21ClN2O3S. The van der Waals surface area contributed by atoms with Crippen LogP contribution in [-0.2, 0) is 14.6 Å². The monoisotopic (exact) mass is 344 g/mol. The van der Waals surface area contributed by atoms with Crippen molar-refractivity contribution in [3.8, 4) is 0 Å². The van der Waals surface area contributed by atoms with Gasteiger partial charge in [0.15, 0.2) is 9.84 Å². The summed E-state index contributed by atoms with van der Waals surface area (Å²) >= 11 is 0. The Balaban J connectivity index is 0.00000176. The summed E-state index contributed by atoms with van der Waals surface area (Å²) in [7, 11) is -3.03. The summed E-state index contributed by atoms with van der Waals surface area (Å²) in [5.41, 5.74) is 7.32. The normalized spacial score (nSPS) is 30.0. The van der Waals surface area contributed by atoms with E-state index in [1.165, 1.54) is 0 Å². The SMILES string of the molecule is Cl.N[C@@H]1CN(C(=O)C2CCS(=O)(=O)C2)C[C@H]1c1ccccc1. The molecule has 0 bridgehead atoms. The molecule has 2 saturated heterocycles. The summed E-state index contributed by atoms with van der Waals surface area (Å²) in [5, 5.41) is 0. The number of rotatable bonds is 2. The smallest absolute Gasteiger partial charge is 0.226 e. The quantitative estimate of drug-likeness (QED) is 0.860. The summed E-state index contributed by atoms with van der Waals surface area (Å²) in [6, 6.07) is 9.86. The van der Waals surface area contributed by atoms with Crippen molar-refractivity contribution in [2.24, 2.45) is 11.7 Å². The summed E-state index contributed by atoms with van der Waals surface area (Å²) in [6.45, 7) is 1.09. The fraction of sp³-hybridized carbons (Fsp3) is 0.533. The molecule has 0 spiro atoms. The molecular weight excluding hydrogens is 324 g/mol. The van der Waals surface area contributed by atoms with Gasteiger partial charge in [0, 0.05) is 25.0 Å². The maximum Gasteiger partial charge on any atom is 0.226 e. The lowest BCUT2D eigenvalue weighted by Gasteiger charge is -2.19. The minimum Gasteiger partial charge on any atom is -0.340 e. The van der Waals surface area contributed by atoms with E-state index in [0.29, 0.717) is 19.5 Å². The summed E-state index contributed by atoms with van der Waals surface area (Å²) in [5.74, 6) is -0.172. The predicted molar refractivity (Wildman–Crippen MR) is 87.7 cm³/mol. The molecule has 0 aromatic heterocycles. The van der Waals surface area contributed by atoms with Gasteiger partial charge in [0.25, 0.3) is 0 Å². The Morgan fingerprint density at radius 1 is 1.18 bits per heavy atom. The molecule has 5 nitrogen and oxygen atoms in total. The predicted octanol–water partition coefficient (Wildman–Crippen LogP) is 0.796. The van der Waals surface area contributed by atoms with E-state index >= 15 is 0 Å². The van der Waals surface area contributed by atoms with Crippen LogP contribution < -0.4 is 5.73 Å². The van der Waals surface area contributed by atoms with Crippen LogP contribution in [0.5, 0.6) is 0 Å². The van der Waals surface area contributed by atoms with Crippen molar-refractivity contribution in [3.63, 3.8) is 0 Å². The lowest BCUT2D eigenvalue weighted by Crippen LogP contribution is -2.36. The highest BCUT2D eigenvalue weighted by molar-refractivity contribution is 7.91. The van der Waals surface area contributed by atoms with Gasteiger partial charge in [-0.15, -0.1) is 12.4 Å². The number of amides is 1. The molecule has 122 valence electrons. The fourth-order valence-corrected chi connectivity index (χ4v) is 5.04. The molecule has 2 aliphatic heterocycles. The Morgan fingerprint density at radius 2 is 1.86 bits per heavy atom. The number of nitrogens with zero attached hydrogens (tertiary/aromatic N) is 1. The highest BCUT2D eigenvalue weighted by atomic mass is 35.5. The zero-order valence-corrected chi connectivity index (χ0v) is 13.9. The third kappa shape index (κ3) is 3.45. The van der Waals surface area contributed by atoms with Crippen LogP contribution in [0.1, 0.15) is 17.9 Å². The van der Waals surface area contributed by atoms with Crippen LogP contribution in [0.2, 0.25) is 0 Å². The summed E-state index contributed by atoms with van der Waals surface area (Å²) in [4.78, 5) is 14.2. The van der Waals surface area contributed by atoms with E-state index in [9.17, 15) is 13.2 Å². The Labute approximate surface area is 137 Å². The van der Waals surface area contributed by atoms with Gasteiger partial charge in [-0.3, -0.25) is 4.79 Å². The van der Waals surface area contributed by atoms with Crippen LogP contribution in [0.3, 0.4) is 0 Å². The van der Waals surface area contributed by atoms with Crippen molar-refractivity contribution in [1.29, 1.82) is 0 Å². The minimum atomic E-state index is -3.03. The molecule has 3 atom stereocenters. The first kappa shape index (κ1) is 17.2. The molecule has 1 unspecified atom stereocenters. The molecule has 7 heteroatoms. The van der Waals surface area contributed by atoms with Crippen LogP contribution in [0.15, 0.2) is 30.3 Å². The van der Waals surface area contributed by atoms with Crippen LogP contribution >= 0.6 is 12.4 Å². The van der Waals surface area contributed by atoms with E-state index in [2.05, 4.69) is 0 Å².